The summed E-state index contributed by atoms with van der Waals surface area (Å²) in [6.45, 7) is 0.905. The van der Waals surface area contributed by atoms with Gasteiger partial charge in [0.1, 0.15) is 12.4 Å². The van der Waals surface area contributed by atoms with Gasteiger partial charge in [-0.2, -0.15) is 0 Å². The van der Waals surface area contributed by atoms with Crippen LogP contribution in [0.1, 0.15) is 17.2 Å². The third-order valence-electron chi connectivity index (χ3n) is 3.90. The van der Waals surface area contributed by atoms with Crippen molar-refractivity contribution in [2.75, 3.05) is 20.3 Å². The molecule has 0 unspecified atom stereocenters. The van der Waals surface area contributed by atoms with Crippen molar-refractivity contribution < 1.29 is 19.0 Å². The third-order valence-corrected chi connectivity index (χ3v) is 4.18. The summed E-state index contributed by atoms with van der Waals surface area (Å²) < 4.78 is 16.3. The molecule has 2 aromatic carbocycles. The topological polar surface area (TPSA) is 82.8 Å². The van der Waals surface area contributed by atoms with E-state index in [0.29, 0.717) is 29.7 Å². The van der Waals surface area contributed by atoms with Crippen molar-refractivity contribution in [2.24, 2.45) is 5.73 Å². The summed E-state index contributed by atoms with van der Waals surface area (Å²) >= 11 is 6.26. The molecule has 3 rings (SSSR count). The Bertz CT molecular complexity index is 782. The van der Waals surface area contributed by atoms with E-state index in [-0.39, 0.29) is 12.6 Å². The molecule has 0 aliphatic carbocycles. The molecule has 2 aromatic rings. The van der Waals surface area contributed by atoms with E-state index in [0.717, 1.165) is 16.9 Å². The lowest BCUT2D eigenvalue weighted by molar-refractivity contribution is -0.119. The van der Waals surface area contributed by atoms with Crippen molar-refractivity contribution in [1.29, 1.82) is 0 Å². The summed E-state index contributed by atoms with van der Waals surface area (Å²) in [4.78, 5) is 10.9. The van der Waals surface area contributed by atoms with Crippen molar-refractivity contribution in [3.8, 4) is 17.2 Å². The molecule has 0 fully saturated rings. The van der Waals surface area contributed by atoms with Crippen LogP contribution in [-0.2, 0) is 11.3 Å². The predicted molar refractivity (Wildman–Crippen MR) is 94.2 cm³/mol. The Labute approximate surface area is 150 Å². The Hall–Kier alpha value is -2.44. The largest absolute Gasteiger partial charge is 0.493 e. The fraction of sp³-hybridized carbons (Fsp3) is 0.278. The average molecular weight is 363 g/mol. The highest BCUT2D eigenvalue weighted by molar-refractivity contribution is 6.32. The van der Waals surface area contributed by atoms with Crippen LogP contribution in [0.4, 0.5) is 0 Å². The Morgan fingerprint density at radius 2 is 2.20 bits per heavy atom. The number of carbonyl (C=O) groups excluding carboxylic acids is 1. The number of carbonyl (C=O) groups is 1. The van der Waals surface area contributed by atoms with Crippen molar-refractivity contribution in [1.82, 2.24) is 5.32 Å². The highest BCUT2D eigenvalue weighted by Crippen LogP contribution is 2.37. The number of rotatable bonds is 7. The smallest absolute Gasteiger partial charge is 0.255 e. The van der Waals surface area contributed by atoms with Gasteiger partial charge in [-0.05, 0) is 23.8 Å². The van der Waals surface area contributed by atoms with Crippen molar-refractivity contribution in [3.05, 3.63) is 52.5 Å². The second-order valence-corrected chi connectivity index (χ2v) is 6.05. The van der Waals surface area contributed by atoms with Gasteiger partial charge in [0.05, 0.1) is 18.2 Å². The zero-order valence-electron chi connectivity index (χ0n) is 13.8. The summed E-state index contributed by atoms with van der Waals surface area (Å²) in [7, 11) is 1.51. The van der Waals surface area contributed by atoms with Gasteiger partial charge in [0.25, 0.3) is 5.91 Å². The van der Waals surface area contributed by atoms with Crippen LogP contribution in [0, 0.1) is 0 Å². The number of para-hydroxylation sites is 1. The fourth-order valence-electron chi connectivity index (χ4n) is 2.73. The number of ether oxygens (including phenoxy) is 3. The molecule has 25 heavy (non-hydrogen) atoms. The normalized spacial score (nSPS) is 15.4. The maximum atomic E-state index is 10.9. The molecule has 1 heterocycles. The van der Waals surface area contributed by atoms with Crippen molar-refractivity contribution in [2.45, 2.75) is 12.6 Å². The van der Waals surface area contributed by atoms with E-state index < -0.39 is 5.91 Å². The number of nitrogens with one attached hydrogen (secondary N) is 1. The first-order chi connectivity index (χ1) is 12.1. The average Bonchev–Trinajstić information content (AvgIpc) is 3.01. The molecule has 1 aliphatic heterocycles. The van der Waals surface area contributed by atoms with Crippen LogP contribution in [0.2, 0.25) is 5.02 Å². The second kappa shape index (κ2) is 7.63. The molecule has 0 spiro atoms. The molecule has 7 heteroatoms. The van der Waals surface area contributed by atoms with Gasteiger partial charge in [-0.1, -0.05) is 29.8 Å². The maximum Gasteiger partial charge on any atom is 0.255 e. The quantitative estimate of drug-likeness (QED) is 0.790. The molecule has 1 atom stereocenters. The number of halogens is 1. The Kier molecular flexibility index (Phi) is 5.31. The number of methoxy groups -OCH3 is 1. The van der Waals surface area contributed by atoms with Gasteiger partial charge in [-0.15, -0.1) is 0 Å². The molecule has 0 bridgehead atoms. The molecule has 0 aromatic heterocycles. The molecule has 132 valence electrons. The van der Waals surface area contributed by atoms with E-state index >= 15 is 0 Å². The van der Waals surface area contributed by atoms with E-state index in [9.17, 15) is 4.79 Å². The molecule has 1 amide bonds. The third kappa shape index (κ3) is 3.97. The highest BCUT2D eigenvalue weighted by Gasteiger charge is 2.23. The van der Waals surface area contributed by atoms with Crippen LogP contribution >= 0.6 is 11.6 Å². The van der Waals surface area contributed by atoms with Gasteiger partial charge in [0, 0.05) is 12.1 Å². The lowest BCUT2D eigenvalue weighted by Crippen LogP contribution is -2.22. The van der Waals surface area contributed by atoms with E-state index in [2.05, 4.69) is 5.32 Å². The summed E-state index contributed by atoms with van der Waals surface area (Å²) in [5.74, 6) is 1.09. The van der Waals surface area contributed by atoms with E-state index in [4.69, 9.17) is 31.5 Å². The van der Waals surface area contributed by atoms with Crippen LogP contribution in [0.5, 0.6) is 17.2 Å². The number of amides is 1. The SMILES string of the molecule is COc1cc(CN[C@H]2COc3ccccc32)cc(Cl)c1OCC(N)=O. The zero-order chi connectivity index (χ0) is 17.8. The number of benzene rings is 2. The van der Waals surface area contributed by atoms with Gasteiger partial charge in [-0.25, -0.2) is 0 Å². The van der Waals surface area contributed by atoms with Gasteiger partial charge >= 0.3 is 0 Å². The predicted octanol–water partition coefficient (Wildman–Crippen LogP) is 2.44. The molecule has 3 N–H and O–H groups in total. The molecule has 0 saturated carbocycles. The Morgan fingerprint density at radius 3 is 2.96 bits per heavy atom. The van der Waals surface area contributed by atoms with Gasteiger partial charge in [0.15, 0.2) is 18.1 Å². The minimum Gasteiger partial charge on any atom is -0.493 e. The summed E-state index contributed by atoms with van der Waals surface area (Å²) in [5, 5.41) is 3.81. The monoisotopic (exact) mass is 362 g/mol. The van der Waals surface area contributed by atoms with Gasteiger partial charge < -0.3 is 25.3 Å². The van der Waals surface area contributed by atoms with E-state index in [1.54, 1.807) is 6.07 Å². The van der Waals surface area contributed by atoms with Gasteiger partial charge in [0.2, 0.25) is 0 Å². The first-order valence-corrected chi connectivity index (χ1v) is 8.19. The molecule has 0 radical (unpaired) electrons. The minimum atomic E-state index is -0.580. The molecular weight excluding hydrogens is 344 g/mol. The minimum absolute atomic E-state index is 0.117. The van der Waals surface area contributed by atoms with Crippen LogP contribution in [0.3, 0.4) is 0 Å². The van der Waals surface area contributed by atoms with Crippen molar-refractivity contribution >= 4 is 17.5 Å². The highest BCUT2D eigenvalue weighted by atomic mass is 35.5. The number of primary amides is 1. The second-order valence-electron chi connectivity index (χ2n) is 5.65. The van der Waals surface area contributed by atoms with Crippen LogP contribution in [0.25, 0.3) is 0 Å². The number of fused-ring (bicyclic) bond motifs is 1. The van der Waals surface area contributed by atoms with Gasteiger partial charge in [-0.3, -0.25) is 4.79 Å². The van der Waals surface area contributed by atoms with E-state index in [1.807, 2.05) is 30.3 Å². The number of hydrogen-bond acceptors (Lipinski definition) is 5. The molecule has 6 nitrogen and oxygen atoms in total. The molecule has 1 aliphatic rings. The van der Waals surface area contributed by atoms with Crippen LogP contribution in [0.15, 0.2) is 36.4 Å². The molecule has 0 saturated heterocycles. The summed E-state index contributed by atoms with van der Waals surface area (Å²) in [6.07, 6.45) is 0. The van der Waals surface area contributed by atoms with Crippen LogP contribution in [-0.4, -0.2) is 26.2 Å². The maximum absolute atomic E-state index is 10.9. The van der Waals surface area contributed by atoms with Crippen LogP contribution < -0.4 is 25.3 Å². The Balaban J connectivity index is 1.71. The molecular formula is C18H19ClN2O4. The summed E-state index contributed by atoms with van der Waals surface area (Å²) in [6, 6.07) is 11.7. The van der Waals surface area contributed by atoms with Crippen molar-refractivity contribution in [3.63, 3.8) is 0 Å². The number of nitrogens with two attached hydrogens (primary N) is 1. The zero-order valence-corrected chi connectivity index (χ0v) is 14.5. The summed E-state index contributed by atoms with van der Waals surface area (Å²) in [5.41, 5.74) is 7.17. The standard InChI is InChI=1S/C18H19ClN2O4/c1-23-16-7-11(6-13(19)18(16)25-10-17(20)22)8-21-14-9-24-15-5-3-2-4-12(14)15/h2-7,14,21H,8-10H2,1H3,(H2,20,22)/t14-/m0/s1. The first kappa shape index (κ1) is 17.4. The Morgan fingerprint density at radius 1 is 1.40 bits per heavy atom. The lowest BCUT2D eigenvalue weighted by Gasteiger charge is -2.15. The fourth-order valence-corrected chi connectivity index (χ4v) is 3.02. The first-order valence-electron chi connectivity index (χ1n) is 7.81. The van der Waals surface area contributed by atoms with E-state index in [1.165, 1.54) is 7.11 Å². The number of hydrogen-bond donors (Lipinski definition) is 2. The lowest BCUT2D eigenvalue weighted by atomic mass is 10.1.